The van der Waals surface area contributed by atoms with Gasteiger partial charge in [-0.25, -0.2) is 0 Å². The smallest absolute Gasteiger partial charge is 0.345 e. The minimum atomic E-state index is -4.33. The molecule has 0 spiro atoms. The number of amides is 1. The zero-order valence-corrected chi connectivity index (χ0v) is 6.33. The molecule has 0 saturated heterocycles. The molecule has 0 aliphatic rings. The monoisotopic (exact) mass is 169 g/mol. The molecule has 5 heteroatoms. The summed E-state index contributed by atoms with van der Waals surface area (Å²) in [6.07, 6.45) is -4.47. The first-order valence-corrected chi connectivity index (χ1v) is 3.21. The van der Waals surface area contributed by atoms with Gasteiger partial charge in [-0.05, 0) is 6.42 Å². The number of rotatable bonds is 2. The average molecular weight is 169 g/mol. The van der Waals surface area contributed by atoms with Crippen molar-refractivity contribution in [2.75, 3.05) is 0 Å². The van der Waals surface area contributed by atoms with E-state index in [2.05, 4.69) is 0 Å². The van der Waals surface area contributed by atoms with Crippen molar-refractivity contribution < 1.29 is 18.0 Å². The maximum atomic E-state index is 11.9. The Morgan fingerprint density at radius 2 is 2.00 bits per heavy atom. The van der Waals surface area contributed by atoms with Gasteiger partial charge in [0.2, 0.25) is 5.91 Å². The van der Waals surface area contributed by atoms with Crippen LogP contribution in [0.2, 0.25) is 0 Å². The average Bonchev–Trinajstić information content (AvgIpc) is 1.79. The molecule has 0 unspecified atom stereocenters. The lowest BCUT2D eigenvalue weighted by Crippen LogP contribution is -2.43. The van der Waals surface area contributed by atoms with Crippen LogP contribution < -0.4 is 5.32 Å². The summed E-state index contributed by atoms with van der Waals surface area (Å²) in [5, 5.41) is 1.81. The van der Waals surface area contributed by atoms with Crippen LogP contribution in [0.4, 0.5) is 13.2 Å². The maximum absolute atomic E-state index is 11.9. The Bertz CT molecular complexity index is 143. The van der Waals surface area contributed by atoms with Gasteiger partial charge in [-0.1, -0.05) is 6.92 Å². The third kappa shape index (κ3) is 3.85. The van der Waals surface area contributed by atoms with Crippen molar-refractivity contribution >= 4 is 5.91 Å². The Hall–Kier alpha value is -0.740. The van der Waals surface area contributed by atoms with Crippen LogP contribution in [0.5, 0.6) is 0 Å². The summed E-state index contributed by atoms with van der Waals surface area (Å²) >= 11 is 0. The molecule has 0 aromatic rings. The van der Waals surface area contributed by atoms with E-state index in [1.54, 1.807) is 5.32 Å². The molecule has 66 valence electrons. The number of hydrogen-bond acceptors (Lipinski definition) is 1. The number of carbonyl (C=O) groups excluding carboxylic acids is 1. The molecule has 2 nitrogen and oxygen atoms in total. The summed E-state index contributed by atoms with van der Waals surface area (Å²) in [5.74, 6) is -0.658. The van der Waals surface area contributed by atoms with Gasteiger partial charge in [-0.3, -0.25) is 4.79 Å². The summed E-state index contributed by atoms with van der Waals surface area (Å²) in [4.78, 5) is 10.2. The third-order valence-electron chi connectivity index (χ3n) is 1.18. The van der Waals surface area contributed by atoms with E-state index >= 15 is 0 Å². The molecule has 0 rings (SSSR count). The molecule has 1 N–H and O–H groups in total. The zero-order valence-electron chi connectivity index (χ0n) is 6.33. The Morgan fingerprint density at radius 3 is 2.09 bits per heavy atom. The summed E-state index contributed by atoms with van der Waals surface area (Å²) in [7, 11) is 0. The van der Waals surface area contributed by atoms with E-state index in [0.29, 0.717) is 0 Å². The highest BCUT2D eigenvalue weighted by molar-refractivity contribution is 5.73. The Balaban J connectivity index is 4.07. The van der Waals surface area contributed by atoms with Crippen LogP contribution in [-0.4, -0.2) is 18.1 Å². The topological polar surface area (TPSA) is 29.1 Å². The van der Waals surface area contributed by atoms with Gasteiger partial charge in [-0.2, -0.15) is 13.2 Å². The van der Waals surface area contributed by atoms with Gasteiger partial charge in [0.25, 0.3) is 0 Å². The standard InChI is InChI=1S/C6H10F3NO/c1-3-5(6(7,8)9)10-4(2)11/h5H,3H2,1-2H3,(H,10,11)/t5-/m1/s1. The fourth-order valence-electron chi connectivity index (χ4n) is 0.661. The highest BCUT2D eigenvalue weighted by Gasteiger charge is 2.38. The molecule has 0 radical (unpaired) electrons. The van der Waals surface area contributed by atoms with Crippen LogP contribution in [0.3, 0.4) is 0 Å². The van der Waals surface area contributed by atoms with E-state index in [9.17, 15) is 18.0 Å². The SMILES string of the molecule is CC[C@@H](NC(C)=O)C(F)(F)F. The first kappa shape index (κ1) is 10.3. The molecule has 0 aromatic carbocycles. The van der Waals surface area contributed by atoms with Gasteiger partial charge < -0.3 is 5.32 Å². The summed E-state index contributed by atoms with van der Waals surface area (Å²) in [5.41, 5.74) is 0. The van der Waals surface area contributed by atoms with E-state index in [4.69, 9.17) is 0 Å². The molecule has 0 saturated carbocycles. The van der Waals surface area contributed by atoms with Crippen molar-refractivity contribution in [2.45, 2.75) is 32.5 Å². The minimum Gasteiger partial charge on any atom is -0.345 e. The molecular formula is C6H10F3NO. The van der Waals surface area contributed by atoms with E-state index in [0.717, 1.165) is 6.92 Å². The number of alkyl halides is 3. The van der Waals surface area contributed by atoms with E-state index in [1.165, 1.54) is 6.92 Å². The van der Waals surface area contributed by atoms with Gasteiger partial charge in [0.05, 0.1) is 0 Å². The van der Waals surface area contributed by atoms with Crippen molar-refractivity contribution in [3.05, 3.63) is 0 Å². The third-order valence-corrected chi connectivity index (χ3v) is 1.18. The van der Waals surface area contributed by atoms with Gasteiger partial charge in [0, 0.05) is 6.92 Å². The second-order valence-corrected chi connectivity index (χ2v) is 2.20. The quantitative estimate of drug-likeness (QED) is 0.666. The summed E-state index contributed by atoms with van der Waals surface area (Å²) < 4.78 is 35.6. The van der Waals surface area contributed by atoms with Crippen LogP contribution in [-0.2, 0) is 4.79 Å². The zero-order chi connectivity index (χ0) is 9.07. The lowest BCUT2D eigenvalue weighted by molar-refractivity contribution is -0.161. The second-order valence-electron chi connectivity index (χ2n) is 2.20. The predicted octanol–water partition coefficient (Wildman–Crippen LogP) is 1.46. The molecule has 0 bridgehead atoms. The van der Waals surface area contributed by atoms with E-state index in [-0.39, 0.29) is 6.42 Å². The van der Waals surface area contributed by atoms with Crippen LogP contribution in [0.15, 0.2) is 0 Å². The molecule has 0 aliphatic carbocycles. The van der Waals surface area contributed by atoms with E-state index < -0.39 is 18.1 Å². The van der Waals surface area contributed by atoms with Crippen LogP contribution in [0.1, 0.15) is 20.3 Å². The first-order valence-electron chi connectivity index (χ1n) is 3.21. The predicted molar refractivity (Wildman–Crippen MR) is 34.0 cm³/mol. The van der Waals surface area contributed by atoms with Crippen molar-refractivity contribution in [3.8, 4) is 0 Å². The molecule has 0 fully saturated rings. The molecule has 11 heavy (non-hydrogen) atoms. The highest BCUT2D eigenvalue weighted by atomic mass is 19.4. The number of halogens is 3. The van der Waals surface area contributed by atoms with Gasteiger partial charge in [-0.15, -0.1) is 0 Å². The Labute approximate surface area is 62.8 Å². The normalized spacial score (nSPS) is 14.3. The highest BCUT2D eigenvalue weighted by Crippen LogP contribution is 2.21. The Morgan fingerprint density at radius 1 is 1.55 bits per heavy atom. The van der Waals surface area contributed by atoms with Gasteiger partial charge in [0.15, 0.2) is 0 Å². The second kappa shape index (κ2) is 3.59. The number of hydrogen-bond donors (Lipinski definition) is 1. The lowest BCUT2D eigenvalue weighted by atomic mass is 10.2. The Kier molecular flexibility index (Phi) is 3.35. The maximum Gasteiger partial charge on any atom is 0.408 e. The fraction of sp³-hybridized carbons (Fsp3) is 0.833. The first-order chi connectivity index (χ1) is 4.88. The van der Waals surface area contributed by atoms with Gasteiger partial charge >= 0.3 is 6.18 Å². The molecule has 0 aliphatic heterocycles. The summed E-state index contributed by atoms with van der Waals surface area (Å²) in [6.45, 7) is 2.43. The van der Waals surface area contributed by atoms with Crippen LogP contribution in [0, 0.1) is 0 Å². The van der Waals surface area contributed by atoms with Crippen LogP contribution in [0.25, 0.3) is 0 Å². The number of nitrogens with one attached hydrogen (secondary N) is 1. The minimum absolute atomic E-state index is 0.136. The van der Waals surface area contributed by atoms with E-state index in [1.807, 2.05) is 0 Å². The molecule has 1 amide bonds. The molecule has 1 atom stereocenters. The van der Waals surface area contributed by atoms with Crippen LogP contribution >= 0.6 is 0 Å². The number of carbonyl (C=O) groups is 1. The fourth-order valence-corrected chi connectivity index (χ4v) is 0.661. The lowest BCUT2D eigenvalue weighted by Gasteiger charge is -2.18. The largest absolute Gasteiger partial charge is 0.408 e. The van der Waals surface area contributed by atoms with Crippen molar-refractivity contribution in [2.24, 2.45) is 0 Å². The molecule has 0 heterocycles. The van der Waals surface area contributed by atoms with Crippen molar-refractivity contribution in [1.29, 1.82) is 0 Å². The van der Waals surface area contributed by atoms with Crippen molar-refractivity contribution in [1.82, 2.24) is 5.32 Å². The van der Waals surface area contributed by atoms with Crippen molar-refractivity contribution in [3.63, 3.8) is 0 Å². The van der Waals surface area contributed by atoms with Gasteiger partial charge in [0.1, 0.15) is 6.04 Å². The molecular weight excluding hydrogens is 159 g/mol. The summed E-state index contributed by atoms with van der Waals surface area (Å²) in [6, 6.07) is -1.71. The molecule has 0 aromatic heterocycles.